The molecule has 2 aromatic rings. The summed E-state index contributed by atoms with van der Waals surface area (Å²) in [7, 11) is 1.64. The zero-order valence-electron chi connectivity index (χ0n) is 14.3. The number of nitrogens with one attached hydrogen (secondary N) is 1. The Kier molecular flexibility index (Phi) is 5.79. The van der Waals surface area contributed by atoms with Gasteiger partial charge in [-0.25, -0.2) is 0 Å². The molecule has 0 bridgehead atoms. The van der Waals surface area contributed by atoms with E-state index in [9.17, 15) is 4.79 Å². The standard InChI is InChI=1S/C18H22N4O3/c1-24-16-5-3-2-4-14(16)8-9-19-18(23)15-6-7-17(21-20-15)22-10-12-25-13-11-22/h2-7H,8-13H2,1H3,(H,19,23). The molecule has 0 radical (unpaired) electrons. The molecule has 1 N–H and O–H groups in total. The molecule has 1 aliphatic rings. The minimum absolute atomic E-state index is 0.226. The molecule has 3 rings (SSSR count). The van der Waals surface area contributed by atoms with Crippen LogP contribution in [0.4, 0.5) is 5.82 Å². The summed E-state index contributed by atoms with van der Waals surface area (Å²) in [4.78, 5) is 14.3. The van der Waals surface area contributed by atoms with Crippen LogP contribution in [-0.4, -0.2) is 56.1 Å². The van der Waals surface area contributed by atoms with Crippen LogP contribution in [0.3, 0.4) is 0 Å². The Hall–Kier alpha value is -2.67. The molecule has 1 aromatic heterocycles. The van der Waals surface area contributed by atoms with Crippen LogP contribution in [0.2, 0.25) is 0 Å². The molecule has 1 aromatic carbocycles. The van der Waals surface area contributed by atoms with E-state index >= 15 is 0 Å². The van der Waals surface area contributed by atoms with Crippen molar-refractivity contribution < 1.29 is 14.3 Å². The molecule has 1 aliphatic heterocycles. The molecule has 0 unspecified atom stereocenters. The van der Waals surface area contributed by atoms with Crippen LogP contribution >= 0.6 is 0 Å². The number of hydrogen-bond donors (Lipinski definition) is 1. The number of ether oxygens (including phenoxy) is 2. The Labute approximate surface area is 147 Å². The van der Waals surface area contributed by atoms with Crippen LogP contribution in [0.1, 0.15) is 16.1 Å². The first-order valence-electron chi connectivity index (χ1n) is 8.34. The number of hydrogen-bond acceptors (Lipinski definition) is 6. The summed E-state index contributed by atoms with van der Waals surface area (Å²) in [6.45, 7) is 3.46. The summed E-state index contributed by atoms with van der Waals surface area (Å²) >= 11 is 0. The first-order chi connectivity index (χ1) is 12.3. The van der Waals surface area contributed by atoms with Gasteiger partial charge in [-0.2, -0.15) is 0 Å². The largest absolute Gasteiger partial charge is 0.496 e. The van der Waals surface area contributed by atoms with Gasteiger partial charge in [-0.15, -0.1) is 10.2 Å². The van der Waals surface area contributed by atoms with Gasteiger partial charge in [0.1, 0.15) is 5.75 Å². The third-order valence-corrected chi connectivity index (χ3v) is 4.09. The quantitative estimate of drug-likeness (QED) is 0.853. The first kappa shape index (κ1) is 17.2. The summed E-state index contributed by atoms with van der Waals surface area (Å²) < 4.78 is 10.6. The van der Waals surface area contributed by atoms with Crippen molar-refractivity contribution in [3.63, 3.8) is 0 Å². The smallest absolute Gasteiger partial charge is 0.271 e. The summed E-state index contributed by atoms with van der Waals surface area (Å²) in [5.41, 5.74) is 1.37. The first-order valence-corrected chi connectivity index (χ1v) is 8.34. The van der Waals surface area contributed by atoms with E-state index in [2.05, 4.69) is 20.4 Å². The summed E-state index contributed by atoms with van der Waals surface area (Å²) in [6, 6.07) is 11.3. The predicted molar refractivity (Wildman–Crippen MR) is 94.1 cm³/mol. The fourth-order valence-corrected chi connectivity index (χ4v) is 2.72. The molecule has 7 nitrogen and oxygen atoms in total. The lowest BCUT2D eigenvalue weighted by molar-refractivity contribution is 0.0948. The molecular weight excluding hydrogens is 320 g/mol. The molecule has 1 amide bonds. The van der Waals surface area contributed by atoms with Crippen molar-refractivity contribution >= 4 is 11.7 Å². The van der Waals surface area contributed by atoms with Crippen molar-refractivity contribution in [1.29, 1.82) is 0 Å². The van der Waals surface area contributed by atoms with Crippen molar-refractivity contribution in [3.05, 3.63) is 47.7 Å². The van der Waals surface area contributed by atoms with E-state index in [-0.39, 0.29) is 5.91 Å². The number of morpholine rings is 1. The maximum atomic E-state index is 12.2. The van der Waals surface area contributed by atoms with E-state index in [1.54, 1.807) is 13.2 Å². The van der Waals surface area contributed by atoms with Crippen LogP contribution in [0.5, 0.6) is 5.75 Å². The minimum Gasteiger partial charge on any atom is -0.496 e. The molecule has 0 atom stereocenters. The van der Waals surface area contributed by atoms with E-state index in [4.69, 9.17) is 9.47 Å². The van der Waals surface area contributed by atoms with Gasteiger partial charge in [0.05, 0.1) is 20.3 Å². The second-order valence-electron chi connectivity index (χ2n) is 5.69. The van der Waals surface area contributed by atoms with Gasteiger partial charge in [0.15, 0.2) is 11.5 Å². The number of nitrogens with zero attached hydrogens (tertiary/aromatic N) is 3. The molecule has 0 saturated carbocycles. The molecule has 1 fully saturated rings. The zero-order valence-corrected chi connectivity index (χ0v) is 14.3. The number of carbonyl (C=O) groups excluding carboxylic acids is 1. The Bertz CT molecular complexity index is 700. The van der Waals surface area contributed by atoms with Crippen molar-refractivity contribution in [3.8, 4) is 5.75 Å². The van der Waals surface area contributed by atoms with Crippen LogP contribution in [-0.2, 0) is 11.2 Å². The number of aromatic nitrogens is 2. The lowest BCUT2D eigenvalue weighted by Crippen LogP contribution is -2.37. The normalized spacial score (nSPS) is 14.2. The molecule has 0 spiro atoms. The van der Waals surface area contributed by atoms with Gasteiger partial charge in [0.25, 0.3) is 5.91 Å². The molecule has 25 heavy (non-hydrogen) atoms. The number of benzene rings is 1. The van der Waals surface area contributed by atoms with Crippen LogP contribution in [0.15, 0.2) is 36.4 Å². The Morgan fingerprint density at radius 2 is 2.00 bits per heavy atom. The van der Waals surface area contributed by atoms with Gasteiger partial charge >= 0.3 is 0 Å². The number of para-hydroxylation sites is 1. The average molecular weight is 342 g/mol. The van der Waals surface area contributed by atoms with E-state index in [1.807, 2.05) is 30.3 Å². The highest BCUT2D eigenvalue weighted by atomic mass is 16.5. The third kappa shape index (κ3) is 4.45. The molecule has 0 aliphatic carbocycles. The molecule has 132 valence electrons. The number of methoxy groups -OCH3 is 1. The van der Waals surface area contributed by atoms with Gasteiger partial charge in [-0.3, -0.25) is 4.79 Å². The van der Waals surface area contributed by atoms with Gasteiger partial charge < -0.3 is 19.7 Å². The van der Waals surface area contributed by atoms with E-state index in [0.29, 0.717) is 31.9 Å². The molecule has 2 heterocycles. The van der Waals surface area contributed by atoms with Crippen molar-refractivity contribution in [2.75, 3.05) is 44.9 Å². The second kappa shape index (κ2) is 8.43. The van der Waals surface area contributed by atoms with Crippen molar-refractivity contribution in [2.24, 2.45) is 0 Å². The summed E-state index contributed by atoms with van der Waals surface area (Å²) in [6.07, 6.45) is 0.690. The molecule has 1 saturated heterocycles. The molecular formula is C18H22N4O3. The minimum atomic E-state index is -0.226. The van der Waals surface area contributed by atoms with E-state index < -0.39 is 0 Å². The number of rotatable bonds is 6. The highest BCUT2D eigenvalue weighted by molar-refractivity contribution is 5.92. The topological polar surface area (TPSA) is 76.6 Å². The van der Waals surface area contributed by atoms with Gasteiger partial charge in [-0.05, 0) is 30.2 Å². The second-order valence-corrected chi connectivity index (χ2v) is 5.69. The zero-order chi connectivity index (χ0) is 17.5. The predicted octanol–water partition coefficient (Wildman–Crippen LogP) is 1.29. The lowest BCUT2D eigenvalue weighted by atomic mass is 10.1. The van der Waals surface area contributed by atoms with Crippen molar-refractivity contribution in [2.45, 2.75) is 6.42 Å². The van der Waals surface area contributed by atoms with Crippen molar-refractivity contribution in [1.82, 2.24) is 15.5 Å². The van der Waals surface area contributed by atoms with Crippen LogP contribution < -0.4 is 15.0 Å². The van der Waals surface area contributed by atoms with Crippen LogP contribution in [0, 0.1) is 0 Å². The summed E-state index contributed by atoms with van der Waals surface area (Å²) in [5.74, 6) is 1.37. The maximum absolute atomic E-state index is 12.2. The van der Waals surface area contributed by atoms with Gasteiger partial charge in [0.2, 0.25) is 0 Å². The fourth-order valence-electron chi connectivity index (χ4n) is 2.72. The van der Waals surface area contributed by atoms with Gasteiger partial charge in [0, 0.05) is 19.6 Å². The number of carbonyl (C=O) groups is 1. The van der Waals surface area contributed by atoms with E-state index in [1.165, 1.54) is 0 Å². The maximum Gasteiger partial charge on any atom is 0.271 e. The fraction of sp³-hybridized carbons (Fsp3) is 0.389. The number of amides is 1. The Balaban J connectivity index is 1.52. The third-order valence-electron chi connectivity index (χ3n) is 4.09. The van der Waals surface area contributed by atoms with E-state index in [0.717, 1.165) is 30.2 Å². The highest BCUT2D eigenvalue weighted by Gasteiger charge is 2.14. The highest BCUT2D eigenvalue weighted by Crippen LogP contribution is 2.17. The Morgan fingerprint density at radius 1 is 1.20 bits per heavy atom. The van der Waals surface area contributed by atoms with Crippen LogP contribution in [0.25, 0.3) is 0 Å². The Morgan fingerprint density at radius 3 is 2.72 bits per heavy atom. The monoisotopic (exact) mass is 342 g/mol. The lowest BCUT2D eigenvalue weighted by Gasteiger charge is -2.27. The molecule has 7 heteroatoms. The average Bonchev–Trinajstić information content (AvgIpc) is 2.69. The number of anilines is 1. The SMILES string of the molecule is COc1ccccc1CCNC(=O)c1ccc(N2CCOCC2)nn1. The van der Waals surface area contributed by atoms with Gasteiger partial charge in [-0.1, -0.05) is 18.2 Å². The summed E-state index contributed by atoms with van der Waals surface area (Å²) in [5, 5.41) is 11.1.